The van der Waals surface area contributed by atoms with E-state index in [1.165, 1.54) is 0 Å². The maximum atomic E-state index is 11.6. The minimum absolute atomic E-state index is 0.00265. The molecule has 0 unspecified atom stereocenters. The summed E-state index contributed by atoms with van der Waals surface area (Å²) in [6.07, 6.45) is 1.97. The van der Waals surface area contributed by atoms with Crippen LogP contribution in [-0.4, -0.2) is 21.9 Å². The van der Waals surface area contributed by atoms with E-state index in [9.17, 15) is 4.79 Å². The van der Waals surface area contributed by atoms with Gasteiger partial charge in [0.05, 0.1) is 0 Å². The molecule has 5 nitrogen and oxygen atoms in total. The zero-order chi connectivity index (χ0) is 11.0. The number of nitrogens with two attached hydrogens (primary N) is 1. The molecule has 1 fully saturated rings. The van der Waals surface area contributed by atoms with Crippen LogP contribution in [0.3, 0.4) is 0 Å². The van der Waals surface area contributed by atoms with E-state index in [0.717, 1.165) is 12.8 Å². The second kappa shape index (κ2) is 3.83. The van der Waals surface area contributed by atoms with E-state index in [1.54, 1.807) is 0 Å². The number of hydrogen-bond donors (Lipinski definition) is 2. The highest BCUT2D eigenvalue weighted by atomic mass is 35.5. The Labute approximate surface area is 96.0 Å². The minimum atomic E-state index is -0.360. The van der Waals surface area contributed by atoms with E-state index < -0.39 is 0 Å². The quantitative estimate of drug-likeness (QED) is 0.824. The Morgan fingerprint density at radius 1 is 1.33 bits per heavy atom. The normalized spacial score (nSPS) is 15.1. The van der Waals surface area contributed by atoms with Gasteiger partial charge in [-0.3, -0.25) is 4.79 Å². The minimum Gasteiger partial charge on any atom is -0.382 e. The zero-order valence-electron chi connectivity index (χ0n) is 7.63. The number of anilines is 1. The summed E-state index contributed by atoms with van der Waals surface area (Å²) >= 11 is 11.2. The Bertz CT molecular complexity index is 419. The highest BCUT2D eigenvalue weighted by Crippen LogP contribution is 2.22. The molecular weight excluding hydrogens is 239 g/mol. The van der Waals surface area contributed by atoms with Crippen LogP contribution in [0.4, 0.5) is 5.82 Å². The van der Waals surface area contributed by atoms with E-state index >= 15 is 0 Å². The van der Waals surface area contributed by atoms with Gasteiger partial charge in [0.1, 0.15) is 0 Å². The van der Waals surface area contributed by atoms with Gasteiger partial charge in [-0.2, -0.15) is 0 Å². The van der Waals surface area contributed by atoms with Gasteiger partial charge in [-0.05, 0) is 12.8 Å². The maximum absolute atomic E-state index is 11.6. The first-order valence-electron chi connectivity index (χ1n) is 4.37. The molecule has 1 aliphatic carbocycles. The number of aromatic nitrogens is 2. The standard InChI is InChI=1S/C8H8Cl2N4O/c9-5-6(10)14-7(11)4(13-5)8(15)12-3-1-2-3/h3H,1-2H2,(H2,11,14)(H,12,15). The van der Waals surface area contributed by atoms with Crippen LogP contribution in [0.1, 0.15) is 23.3 Å². The molecule has 0 radical (unpaired) electrons. The highest BCUT2D eigenvalue weighted by molar-refractivity contribution is 6.40. The molecule has 0 spiro atoms. The van der Waals surface area contributed by atoms with Crippen molar-refractivity contribution in [2.45, 2.75) is 18.9 Å². The molecule has 80 valence electrons. The van der Waals surface area contributed by atoms with Crippen molar-refractivity contribution in [3.05, 3.63) is 16.0 Å². The van der Waals surface area contributed by atoms with Gasteiger partial charge in [-0.25, -0.2) is 9.97 Å². The fraction of sp³-hybridized carbons (Fsp3) is 0.375. The van der Waals surface area contributed by atoms with Gasteiger partial charge in [0.2, 0.25) is 0 Å². The lowest BCUT2D eigenvalue weighted by molar-refractivity contribution is 0.0947. The number of amides is 1. The summed E-state index contributed by atoms with van der Waals surface area (Å²) in [4.78, 5) is 19.1. The van der Waals surface area contributed by atoms with Crippen molar-refractivity contribution in [1.82, 2.24) is 15.3 Å². The Kier molecular flexibility index (Phi) is 2.67. The lowest BCUT2D eigenvalue weighted by atomic mass is 10.4. The number of carbonyl (C=O) groups is 1. The average Bonchev–Trinajstić information content (AvgIpc) is 2.95. The third-order valence-corrected chi connectivity index (χ3v) is 2.59. The number of halogens is 2. The zero-order valence-corrected chi connectivity index (χ0v) is 9.14. The monoisotopic (exact) mass is 246 g/mol. The van der Waals surface area contributed by atoms with Crippen LogP contribution in [0.15, 0.2) is 0 Å². The third-order valence-electron chi connectivity index (χ3n) is 1.97. The van der Waals surface area contributed by atoms with E-state index in [2.05, 4.69) is 15.3 Å². The van der Waals surface area contributed by atoms with Gasteiger partial charge in [-0.15, -0.1) is 0 Å². The van der Waals surface area contributed by atoms with Crippen LogP contribution in [0, 0.1) is 0 Å². The predicted octanol–water partition coefficient (Wildman–Crippen LogP) is 1.26. The second-order valence-electron chi connectivity index (χ2n) is 3.29. The third kappa shape index (κ3) is 2.30. The first-order chi connectivity index (χ1) is 7.08. The number of carbonyl (C=O) groups excluding carboxylic acids is 1. The number of nitrogen functional groups attached to an aromatic ring is 1. The predicted molar refractivity (Wildman–Crippen MR) is 57.0 cm³/mol. The fourth-order valence-electron chi connectivity index (χ4n) is 1.05. The topological polar surface area (TPSA) is 80.9 Å². The molecule has 1 aromatic heterocycles. The van der Waals surface area contributed by atoms with Gasteiger partial charge in [0, 0.05) is 6.04 Å². The van der Waals surface area contributed by atoms with Crippen molar-refractivity contribution < 1.29 is 4.79 Å². The molecule has 1 heterocycles. The van der Waals surface area contributed by atoms with E-state index in [1.807, 2.05) is 0 Å². The molecule has 0 bridgehead atoms. The molecule has 1 aromatic rings. The van der Waals surface area contributed by atoms with Crippen molar-refractivity contribution in [3.8, 4) is 0 Å². The largest absolute Gasteiger partial charge is 0.382 e. The van der Waals surface area contributed by atoms with Crippen molar-refractivity contribution in [3.63, 3.8) is 0 Å². The molecule has 0 saturated heterocycles. The van der Waals surface area contributed by atoms with Crippen LogP contribution >= 0.6 is 23.2 Å². The smallest absolute Gasteiger partial charge is 0.274 e. The fourth-order valence-corrected chi connectivity index (χ4v) is 1.31. The van der Waals surface area contributed by atoms with Gasteiger partial charge in [0.15, 0.2) is 21.8 Å². The summed E-state index contributed by atoms with van der Waals surface area (Å²) in [7, 11) is 0. The molecule has 2 rings (SSSR count). The molecule has 0 aliphatic heterocycles. The SMILES string of the molecule is Nc1nc(Cl)c(Cl)nc1C(=O)NC1CC1. The molecule has 1 saturated carbocycles. The Hall–Kier alpha value is -1.07. The van der Waals surface area contributed by atoms with Crippen molar-refractivity contribution in [1.29, 1.82) is 0 Å². The van der Waals surface area contributed by atoms with Gasteiger partial charge in [-0.1, -0.05) is 23.2 Å². The van der Waals surface area contributed by atoms with Crippen LogP contribution in [0.25, 0.3) is 0 Å². The van der Waals surface area contributed by atoms with Gasteiger partial charge >= 0.3 is 0 Å². The molecule has 0 atom stereocenters. The summed E-state index contributed by atoms with van der Waals surface area (Å²) < 4.78 is 0. The number of nitrogens with zero attached hydrogens (tertiary/aromatic N) is 2. The molecule has 1 aliphatic rings. The molecule has 0 aromatic carbocycles. The van der Waals surface area contributed by atoms with Crippen molar-refractivity contribution in [2.24, 2.45) is 0 Å². The van der Waals surface area contributed by atoms with E-state index in [-0.39, 0.29) is 33.8 Å². The van der Waals surface area contributed by atoms with Gasteiger partial charge in [0.25, 0.3) is 5.91 Å². The number of rotatable bonds is 2. The van der Waals surface area contributed by atoms with E-state index in [4.69, 9.17) is 28.9 Å². The summed E-state index contributed by atoms with van der Waals surface area (Å²) in [5, 5.41) is 2.71. The second-order valence-corrected chi connectivity index (χ2v) is 4.00. The Morgan fingerprint density at radius 3 is 2.53 bits per heavy atom. The lowest BCUT2D eigenvalue weighted by Gasteiger charge is -2.05. The summed E-state index contributed by atoms with van der Waals surface area (Å²) in [6, 6.07) is 0.230. The van der Waals surface area contributed by atoms with Crippen LogP contribution < -0.4 is 11.1 Å². The number of hydrogen-bond acceptors (Lipinski definition) is 4. The first-order valence-corrected chi connectivity index (χ1v) is 5.13. The summed E-state index contributed by atoms with van der Waals surface area (Å²) in [5.41, 5.74) is 5.53. The van der Waals surface area contributed by atoms with Crippen LogP contribution in [0.5, 0.6) is 0 Å². The van der Waals surface area contributed by atoms with Gasteiger partial charge < -0.3 is 11.1 Å². The molecule has 3 N–H and O–H groups in total. The average molecular weight is 247 g/mol. The first kappa shape index (κ1) is 10.4. The summed E-state index contributed by atoms with van der Waals surface area (Å²) in [6.45, 7) is 0. The van der Waals surface area contributed by atoms with Crippen LogP contribution in [-0.2, 0) is 0 Å². The lowest BCUT2D eigenvalue weighted by Crippen LogP contribution is -2.27. The van der Waals surface area contributed by atoms with E-state index in [0.29, 0.717) is 0 Å². The Morgan fingerprint density at radius 2 is 1.93 bits per heavy atom. The van der Waals surface area contributed by atoms with Crippen molar-refractivity contribution in [2.75, 3.05) is 5.73 Å². The molecule has 1 amide bonds. The van der Waals surface area contributed by atoms with Crippen LogP contribution in [0.2, 0.25) is 10.3 Å². The molecule has 15 heavy (non-hydrogen) atoms. The van der Waals surface area contributed by atoms with Crippen molar-refractivity contribution >= 4 is 34.9 Å². The number of nitrogens with one attached hydrogen (secondary N) is 1. The Balaban J connectivity index is 2.25. The highest BCUT2D eigenvalue weighted by Gasteiger charge is 2.26. The maximum Gasteiger partial charge on any atom is 0.274 e. The molecular formula is C8H8Cl2N4O. The summed E-state index contributed by atoms with van der Waals surface area (Å²) in [5.74, 6) is -0.372. The molecule has 7 heteroatoms.